The Morgan fingerprint density at radius 1 is 1.28 bits per heavy atom. The molecule has 2 atom stereocenters. The summed E-state index contributed by atoms with van der Waals surface area (Å²) in [6.07, 6.45) is 5.82. The molecule has 0 aliphatic carbocycles. The average Bonchev–Trinajstić information content (AvgIpc) is 3.27. The van der Waals surface area contributed by atoms with E-state index < -0.39 is 0 Å². The number of carbonyl (C=O) groups is 1. The number of halogens is 1. The van der Waals surface area contributed by atoms with Gasteiger partial charge in [-0.25, -0.2) is 9.97 Å². The van der Waals surface area contributed by atoms with Crippen LogP contribution < -0.4 is 5.32 Å². The molecule has 1 N–H and O–H groups in total. The quantitative estimate of drug-likeness (QED) is 0.663. The lowest BCUT2D eigenvalue weighted by Gasteiger charge is -2.47. The number of rotatable bonds is 3. The first-order valence-corrected chi connectivity index (χ1v) is 10.8. The molecule has 2 aromatic heterocycles. The lowest BCUT2D eigenvalue weighted by molar-refractivity contribution is 0.0463. The summed E-state index contributed by atoms with van der Waals surface area (Å²) < 4.78 is 5.92. The van der Waals surface area contributed by atoms with Crippen molar-refractivity contribution in [1.82, 2.24) is 20.2 Å². The highest BCUT2D eigenvalue weighted by atomic mass is 35.5. The van der Waals surface area contributed by atoms with Gasteiger partial charge in [0.05, 0.1) is 16.8 Å². The van der Waals surface area contributed by atoms with E-state index in [1.54, 1.807) is 5.51 Å². The molecule has 0 radical (unpaired) electrons. The topological polar surface area (TPSA) is 71.3 Å². The van der Waals surface area contributed by atoms with Gasteiger partial charge in [-0.05, 0) is 51.8 Å². The summed E-state index contributed by atoms with van der Waals surface area (Å²) in [4.78, 5) is 25.4. The van der Waals surface area contributed by atoms with Crippen LogP contribution in [0.4, 0.5) is 0 Å². The Morgan fingerprint density at radius 2 is 2.03 bits per heavy atom. The summed E-state index contributed by atoms with van der Waals surface area (Å²) in [6, 6.07) is 6.94. The number of carbonyl (C=O) groups excluding carboxylic acids is 1. The molecular formula is C21H25ClN4O2S. The molecule has 2 unspecified atom stereocenters. The zero-order chi connectivity index (χ0) is 19.3. The normalized spacial score (nSPS) is 24.3. The van der Waals surface area contributed by atoms with Crippen molar-refractivity contribution < 1.29 is 9.21 Å². The van der Waals surface area contributed by atoms with E-state index >= 15 is 0 Å². The van der Waals surface area contributed by atoms with Crippen LogP contribution in [0, 0.1) is 6.92 Å². The van der Waals surface area contributed by atoms with E-state index in [1.807, 2.05) is 25.1 Å². The third-order valence-electron chi connectivity index (χ3n) is 6.28. The van der Waals surface area contributed by atoms with Gasteiger partial charge in [0.15, 0.2) is 5.58 Å². The van der Waals surface area contributed by atoms with Crippen molar-refractivity contribution in [1.29, 1.82) is 0 Å². The lowest BCUT2D eigenvalue weighted by atomic mass is 9.82. The molecule has 154 valence electrons. The van der Waals surface area contributed by atoms with E-state index in [0.717, 1.165) is 23.4 Å². The minimum atomic E-state index is -0.0564. The minimum Gasteiger partial charge on any atom is -0.435 e. The fourth-order valence-corrected chi connectivity index (χ4v) is 5.46. The molecule has 2 aliphatic heterocycles. The molecule has 2 saturated heterocycles. The number of para-hydroxylation sites is 1. The Labute approximate surface area is 180 Å². The first-order chi connectivity index (χ1) is 13.6. The summed E-state index contributed by atoms with van der Waals surface area (Å²) in [7, 11) is 2.23. The van der Waals surface area contributed by atoms with Crippen molar-refractivity contribution in [2.75, 3.05) is 7.05 Å². The maximum atomic E-state index is 13.1. The van der Waals surface area contributed by atoms with Crippen LogP contribution in [0.5, 0.6) is 0 Å². The highest BCUT2D eigenvalue weighted by Crippen LogP contribution is 2.33. The Morgan fingerprint density at radius 3 is 2.72 bits per heavy atom. The van der Waals surface area contributed by atoms with Crippen LogP contribution >= 0.6 is 23.7 Å². The second-order valence-electron chi connectivity index (χ2n) is 7.98. The van der Waals surface area contributed by atoms with Gasteiger partial charge in [-0.15, -0.1) is 23.7 Å². The zero-order valence-corrected chi connectivity index (χ0v) is 18.2. The molecular weight excluding hydrogens is 408 g/mol. The van der Waals surface area contributed by atoms with Crippen molar-refractivity contribution >= 4 is 40.8 Å². The fraction of sp³-hybridized carbons (Fsp3) is 0.476. The summed E-state index contributed by atoms with van der Waals surface area (Å²) in [6.45, 7) is 1.94. The molecule has 2 bridgehead atoms. The van der Waals surface area contributed by atoms with Gasteiger partial charge in [0.25, 0.3) is 5.91 Å². The summed E-state index contributed by atoms with van der Waals surface area (Å²) in [5.41, 5.74) is 4.51. The third-order valence-corrected chi connectivity index (χ3v) is 7.19. The van der Waals surface area contributed by atoms with E-state index in [4.69, 9.17) is 4.42 Å². The van der Waals surface area contributed by atoms with E-state index in [9.17, 15) is 4.79 Å². The molecule has 0 saturated carbocycles. The largest absolute Gasteiger partial charge is 0.435 e. The molecule has 29 heavy (non-hydrogen) atoms. The fourth-order valence-electron chi connectivity index (χ4n) is 4.73. The Balaban J connectivity index is 0.00000205. The van der Waals surface area contributed by atoms with Crippen molar-refractivity contribution in [2.24, 2.45) is 0 Å². The Kier molecular flexibility index (Phi) is 5.64. The van der Waals surface area contributed by atoms with Crippen molar-refractivity contribution in [2.45, 2.75) is 57.2 Å². The van der Waals surface area contributed by atoms with Gasteiger partial charge in [-0.2, -0.15) is 0 Å². The van der Waals surface area contributed by atoms with Gasteiger partial charge in [0.2, 0.25) is 5.89 Å². The van der Waals surface area contributed by atoms with Gasteiger partial charge in [-0.3, -0.25) is 4.79 Å². The molecule has 1 amide bonds. The molecule has 0 spiro atoms. The molecule has 6 nitrogen and oxygen atoms in total. The van der Waals surface area contributed by atoms with Crippen LogP contribution in [-0.4, -0.2) is 45.9 Å². The number of hydrogen-bond donors (Lipinski definition) is 1. The number of aromatic nitrogens is 2. The van der Waals surface area contributed by atoms with Crippen LogP contribution in [0.15, 0.2) is 28.1 Å². The number of aryl methyl sites for hydroxylation is 1. The second kappa shape index (κ2) is 8.05. The number of fused-ring (bicyclic) bond motifs is 3. The predicted octanol–water partition coefficient (Wildman–Crippen LogP) is 4.43. The average molecular weight is 433 g/mol. The van der Waals surface area contributed by atoms with Gasteiger partial charge >= 0.3 is 0 Å². The van der Waals surface area contributed by atoms with E-state index in [2.05, 4.69) is 27.2 Å². The number of thiazole rings is 1. The minimum absolute atomic E-state index is 0. The van der Waals surface area contributed by atoms with Crippen LogP contribution in [0.3, 0.4) is 0 Å². The monoisotopic (exact) mass is 432 g/mol. The maximum Gasteiger partial charge on any atom is 0.253 e. The number of piperidine rings is 2. The predicted molar refractivity (Wildman–Crippen MR) is 117 cm³/mol. The standard InChI is InChI=1S/C21H24N4O2S.ClH/c1-12-19(28-11-22-12)21-24-18-16(7-4-8-17(18)27-21)20(26)23-13-9-14-5-3-6-15(10-13)25(14)2;/h4,7-8,11,13-15H,3,5-6,9-10H2,1-2H3,(H,23,26);1H. The van der Waals surface area contributed by atoms with Gasteiger partial charge in [0.1, 0.15) is 10.4 Å². The first-order valence-electron chi connectivity index (χ1n) is 9.93. The van der Waals surface area contributed by atoms with E-state index in [0.29, 0.717) is 34.6 Å². The zero-order valence-electron chi connectivity index (χ0n) is 16.6. The van der Waals surface area contributed by atoms with Gasteiger partial charge in [-0.1, -0.05) is 12.5 Å². The summed E-state index contributed by atoms with van der Waals surface area (Å²) >= 11 is 1.50. The molecule has 1 aromatic carbocycles. The summed E-state index contributed by atoms with van der Waals surface area (Å²) in [5, 5.41) is 3.27. The molecule has 2 aliphatic rings. The molecule has 2 fully saturated rings. The highest BCUT2D eigenvalue weighted by molar-refractivity contribution is 7.13. The van der Waals surface area contributed by atoms with Crippen molar-refractivity contribution in [3.05, 3.63) is 35.0 Å². The summed E-state index contributed by atoms with van der Waals surface area (Å²) in [5.74, 6) is 0.475. The van der Waals surface area contributed by atoms with Crippen LogP contribution in [0.1, 0.15) is 48.2 Å². The number of benzene rings is 1. The number of amides is 1. The Bertz CT molecular complexity index is 1020. The molecule has 8 heteroatoms. The second-order valence-corrected chi connectivity index (χ2v) is 8.84. The number of nitrogens with zero attached hydrogens (tertiary/aromatic N) is 3. The third kappa shape index (κ3) is 3.67. The molecule has 4 heterocycles. The smallest absolute Gasteiger partial charge is 0.253 e. The van der Waals surface area contributed by atoms with Gasteiger partial charge < -0.3 is 14.6 Å². The molecule has 3 aromatic rings. The first kappa shape index (κ1) is 20.3. The SMILES string of the molecule is Cc1ncsc1-c1nc2c(C(=O)NC3CC4CCCC(C3)N4C)cccc2o1.Cl. The number of hydrogen-bond acceptors (Lipinski definition) is 6. The molecule has 5 rings (SSSR count). The lowest BCUT2D eigenvalue weighted by Crippen LogP contribution is -2.55. The van der Waals surface area contributed by atoms with Crippen molar-refractivity contribution in [3.63, 3.8) is 0 Å². The van der Waals surface area contributed by atoms with Crippen LogP contribution in [-0.2, 0) is 0 Å². The van der Waals surface area contributed by atoms with Crippen LogP contribution in [0.25, 0.3) is 21.9 Å². The highest BCUT2D eigenvalue weighted by Gasteiger charge is 2.36. The van der Waals surface area contributed by atoms with Crippen molar-refractivity contribution in [3.8, 4) is 10.8 Å². The number of oxazole rings is 1. The van der Waals surface area contributed by atoms with Gasteiger partial charge in [0, 0.05) is 18.1 Å². The van der Waals surface area contributed by atoms with E-state index in [-0.39, 0.29) is 24.4 Å². The Hall–Kier alpha value is -1.96. The number of nitrogens with one attached hydrogen (secondary N) is 1. The van der Waals surface area contributed by atoms with Crippen LogP contribution in [0.2, 0.25) is 0 Å². The maximum absolute atomic E-state index is 13.1. The van der Waals surface area contributed by atoms with E-state index in [1.165, 1.54) is 30.6 Å².